The number of halogens is 2. The molecule has 1 N–H and O–H groups in total. The van der Waals surface area contributed by atoms with E-state index in [0.29, 0.717) is 6.54 Å². The summed E-state index contributed by atoms with van der Waals surface area (Å²) in [5.41, 5.74) is -0.759. The normalized spacial score (nSPS) is 13.6. The number of hydrogen-bond acceptors (Lipinski definition) is 2. The summed E-state index contributed by atoms with van der Waals surface area (Å²) < 4.78 is 27.7. The second-order valence-electron chi connectivity index (χ2n) is 5.45. The lowest BCUT2D eigenvalue weighted by Gasteiger charge is -2.39. The fourth-order valence-electron chi connectivity index (χ4n) is 2.43. The highest BCUT2D eigenvalue weighted by Gasteiger charge is 2.37. The molecule has 5 heteroatoms. The first-order valence-electron chi connectivity index (χ1n) is 6.58. The van der Waals surface area contributed by atoms with Crippen molar-refractivity contribution in [3.8, 4) is 0 Å². The van der Waals surface area contributed by atoms with Crippen LogP contribution in [0.1, 0.15) is 44.9 Å². The molecule has 0 spiro atoms. The number of likely N-dealkylation sites (N-methyl/N-ethyl adjacent to an activating group) is 1. The van der Waals surface area contributed by atoms with E-state index in [1.54, 1.807) is 32.6 Å². The smallest absolute Gasteiger partial charge is 0.323 e. The van der Waals surface area contributed by atoms with Crippen molar-refractivity contribution in [2.75, 3.05) is 6.54 Å². The third-order valence-electron chi connectivity index (χ3n) is 3.78. The van der Waals surface area contributed by atoms with E-state index in [2.05, 4.69) is 0 Å². The Morgan fingerprint density at radius 3 is 2.35 bits per heavy atom. The van der Waals surface area contributed by atoms with Crippen molar-refractivity contribution in [3.05, 3.63) is 34.9 Å². The quantitative estimate of drug-likeness (QED) is 0.900. The first-order chi connectivity index (χ1) is 9.12. The Kier molecular flexibility index (Phi) is 4.86. The molecular formula is C15H21F2NO2. The van der Waals surface area contributed by atoms with Gasteiger partial charge in [0.05, 0.1) is 0 Å². The number of carbonyl (C=O) groups is 1. The number of benzene rings is 1. The van der Waals surface area contributed by atoms with Crippen molar-refractivity contribution in [3.63, 3.8) is 0 Å². The average molecular weight is 285 g/mol. The third-order valence-corrected chi connectivity index (χ3v) is 3.78. The van der Waals surface area contributed by atoms with Crippen LogP contribution < -0.4 is 0 Å². The molecule has 0 fully saturated rings. The minimum absolute atomic E-state index is 0.171. The van der Waals surface area contributed by atoms with Gasteiger partial charge in [0.25, 0.3) is 0 Å². The van der Waals surface area contributed by atoms with Gasteiger partial charge >= 0.3 is 5.97 Å². The zero-order chi connectivity index (χ0) is 15.7. The van der Waals surface area contributed by atoms with Gasteiger partial charge < -0.3 is 5.11 Å². The fraction of sp³-hybridized carbons (Fsp3) is 0.533. The Morgan fingerprint density at radius 2 is 1.90 bits per heavy atom. The molecule has 0 aliphatic heterocycles. The van der Waals surface area contributed by atoms with Crippen LogP contribution in [-0.4, -0.2) is 28.1 Å². The van der Waals surface area contributed by atoms with Crippen LogP contribution >= 0.6 is 0 Å². The maximum absolute atomic E-state index is 14.0. The van der Waals surface area contributed by atoms with Gasteiger partial charge in [-0.25, -0.2) is 8.78 Å². The second kappa shape index (κ2) is 5.87. The summed E-state index contributed by atoms with van der Waals surface area (Å²) >= 11 is 0. The van der Waals surface area contributed by atoms with Crippen molar-refractivity contribution in [1.29, 1.82) is 0 Å². The van der Waals surface area contributed by atoms with Gasteiger partial charge in [-0.1, -0.05) is 6.92 Å². The van der Waals surface area contributed by atoms with Gasteiger partial charge in [0.1, 0.15) is 17.2 Å². The van der Waals surface area contributed by atoms with Crippen LogP contribution in [0.4, 0.5) is 8.78 Å². The SMILES string of the molecule is CCN(C(C)c1cc(F)c(C)cc1F)C(C)(C)C(=O)O. The van der Waals surface area contributed by atoms with Crippen LogP contribution in [0.15, 0.2) is 12.1 Å². The summed E-state index contributed by atoms with van der Waals surface area (Å²) in [7, 11) is 0. The van der Waals surface area contributed by atoms with Gasteiger partial charge in [-0.3, -0.25) is 9.69 Å². The molecule has 0 aromatic heterocycles. The lowest BCUT2D eigenvalue weighted by molar-refractivity contribution is -0.150. The maximum Gasteiger partial charge on any atom is 0.323 e. The molecule has 112 valence electrons. The topological polar surface area (TPSA) is 40.5 Å². The van der Waals surface area contributed by atoms with E-state index < -0.39 is 29.2 Å². The minimum Gasteiger partial charge on any atom is -0.480 e. The van der Waals surface area contributed by atoms with Crippen LogP contribution in [0.5, 0.6) is 0 Å². The number of nitrogens with zero attached hydrogens (tertiary/aromatic N) is 1. The monoisotopic (exact) mass is 285 g/mol. The van der Waals surface area contributed by atoms with Crippen LogP contribution in [-0.2, 0) is 4.79 Å². The van der Waals surface area contributed by atoms with Gasteiger partial charge in [-0.2, -0.15) is 0 Å². The molecule has 0 amide bonds. The maximum atomic E-state index is 14.0. The average Bonchev–Trinajstić information content (AvgIpc) is 2.33. The zero-order valence-electron chi connectivity index (χ0n) is 12.5. The van der Waals surface area contributed by atoms with Crippen molar-refractivity contribution in [2.45, 2.75) is 46.2 Å². The summed E-state index contributed by atoms with van der Waals surface area (Å²) in [6, 6.07) is 1.75. The molecule has 1 unspecified atom stereocenters. The van der Waals surface area contributed by atoms with Crippen molar-refractivity contribution in [1.82, 2.24) is 4.90 Å². The van der Waals surface area contributed by atoms with E-state index in [1.165, 1.54) is 6.92 Å². The molecule has 0 aliphatic carbocycles. The number of aryl methyl sites for hydroxylation is 1. The lowest BCUT2D eigenvalue weighted by atomic mass is 9.96. The van der Waals surface area contributed by atoms with Crippen LogP contribution in [0.2, 0.25) is 0 Å². The highest BCUT2D eigenvalue weighted by molar-refractivity contribution is 5.77. The summed E-state index contributed by atoms with van der Waals surface area (Å²) in [5.74, 6) is -2.01. The summed E-state index contributed by atoms with van der Waals surface area (Å²) in [6.45, 7) is 8.49. The Balaban J connectivity index is 3.25. The number of rotatable bonds is 5. The summed E-state index contributed by atoms with van der Waals surface area (Å²) in [4.78, 5) is 13.0. The van der Waals surface area contributed by atoms with E-state index in [1.807, 2.05) is 0 Å². The van der Waals surface area contributed by atoms with E-state index in [0.717, 1.165) is 12.1 Å². The van der Waals surface area contributed by atoms with Gasteiger partial charge in [-0.15, -0.1) is 0 Å². The Morgan fingerprint density at radius 1 is 1.35 bits per heavy atom. The van der Waals surface area contributed by atoms with Crippen molar-refractivity contribution >= 4 is 5.97 Å². The molecule has 1 rings (SSSR count). The Hall–Kier alpha value is -1.49. The van der Waals surface area contributed by atoms with Crippen molar-refractivity contribution in [2.24, 2.45) is 0 Å². The molecule has 0 saturated heterocycles. The molecule has 0 aliphatic rings. The lowest BCUT2D eigenvalue weighted by Crippen LogP contribution is -2.51. The molecule has 0 bridgehead atoms. The first kappa shape index (κ1) is 16.6. The number of carboxylic acids is 1. The van der Waals surface area contributed by atoms with Gasteiger partial charge in [0.2, 0.25) is 0 Å². The molecule has 20 heavy (non-hydrogen) atoms. The van der Waals surface area contributed by atoms with Gasteiger partial charge in [0.15, 0.2) is 0 Å². The zero-order valence-corrected chi connectivity index (χ0v) is 12.5. The highest BCUT2D eigenvalue weighted by atomic mass is 19.1. The van der Waals surface area contributed by atoms with Gasteiger partial charge in [-0.05, 0) is 51.9 Å². The molecule has 0 heterocycles. The van der Waals surface area contributed by atoms with E-state index >= 15 is 0 Å². The molecule has 0 saturated carbocycles. The number of carboxylic acid groups (broad SMARTS) is 1. The minimum atomic E-state index is -1.16. The summed E-state index contributed by atoms with van der Waals surface area (Å²) in [5, 5.41) is 9.30. The van der Waals surface area contributed by atoms with E-state index in [9.17, 15) is 18.7 Å². The van der Waals surface area contributed by atoms with Crippen LogP contribution in [0.3, 0.4) is 0 Å². The standard InChI is InChI=1S/C15H21F2NO2/c1-6-18(15(4,5)14(19)20)10(3)11-8-12(16)9(2)7-13(11)17/h7-8,10H,6H2,1-5H3,(H,19,20). The first-order valence-corrected chi connectivity index (χ1v) is 6.58. The molecule has 1 aromatic rings. The molecule has 1 atom stereocenters. The Bertz CT molecular complexity index is 515. The molecule has 0 radical (unpaired) electrons. The highest BCUT2D eigenvalue weighted by Crippen LogP contribution is 2.30. The second-order valence-corrected chi connectivity index (χ2v) is 5.45. The Labute approximate surface area is 118 Å². The predicted octanol–water partition coefficient (Wildman–Crippen LogP) is 3.52. The fourth-order valence-corrected chi connectivity index (χ4v) is 2.43. The van der Waals surface area contributed by atoms with Crippen LogP contribution in [0.25, 0.3) is 0 Å². The van der Waals surface area contributed by atoms with E-state index in [4.69, 9.17) is 0 Å². The molecule has 3 nitrogen and oxygen atoms in total. The van der Waals surface area contributed by atoms with E-state index in [-0.39, 0.29) is 11.1 Å². The molecular weight excluding hydrogens is 264 g/mol. The van der Waals surface area contributed by atoms with Crippen LogP contribution in [0, 0.1) is 18.6 Å². The van der Waals surface area contributed by atoms with Crippen molar-refractivity contribution < 1.29 is 18.7 Å². The largest absolute Gasteiger partial charge is 0.480 e. The molecule has 1 aromatic carbocycles. The number of aliphatic carboxylic acids is 1. The number of hydrogen-bond donors (Lipinski definition) is 1. The third kappa shape index (κ3) is 2.98. The summed E-state index contributed by atoms with van der Waals surface area (Å²) in [6.07, 6.45) is 0. The predicted molar refractivity (Wildman–Crippen MR) is 73.6 cm³/mol. The van der Waals surface area contributed by atoms with Gasteiger partial charge in [0, 0.05) is 11.6 Å².